The summed E-state index contributed by atoms with van der Waals surface area (Å²) in [4.78, 5) is 11.5. The quantitative estimate of drug-likeness (QED) is 0.792. The fraction of sp³-hybridized carbons (Fsp3) is 0.533. The van der Waals surface area contributed by atoms with Crippen LogP contribution in [-0.4, -0.2) is 24.6 Å². The normalized spacial score (nSPS) is 14.2. The summed E-state index contributed by atoms with van der Waals surface area (Å²) in [7, 11) is 0. The summed E-state index contributed by atoms with van der Waals surface area (Å²) in [5.74, 6) is 0.797. The fourth-order valence-corrected chi connectivity index (χ4v) is 1.79. The van der Waals surface area contributed by atoms with Crippen molar-refractivity contribution in [1.29, 1.82) is 0 Å². The number of rotatable bonds is 7. The van der Waals surface area contributed by atoms with Gasteiger partial charge in [-0.25, -0.2) is 0 Å². The van der Waals surface area contributed by atoms with Crippen LogP contribution in [0.3, 0.4) is 0 Å². The van der Waals surface area contributed by atoms with Gasteiger partial charge in [0.1, 0.15) is 17.9 Å². The predicted octanol–water partition coefficient (Wildman–Crippen LogP) is 2.04. The maximum absolute atomic E-state index is 11.5. The molecule has 1 rings (SSSR count). The van der Waals surface area contributed by atoms with Crippen molar-refractivity contribution >= 4 is 5.91 Å². The number of primary amides is 1. The molecule has 0 radical (unpaired) electrons. The van der Waals surface area contributed by atoms with Crippen molar-refractivity contribution in [3.63, 3.8) is 0 Å². The van der Waals surface area contributed by atoms with Gasteiger partial charge in [-0.2, -0.15) is 0 Å². The maximum atomic E-state index is 11.5. The Morgan fingerprint density at radius 3 is 2.68 bits per heavy atom. The van der Waals surface area contributed by atoms with E-state index < -0.39 is 11.4 Å². The van der Waals surface area contributed by atoms with Gasteiger partial charge in [-0.3, -0.25) is 4.79 Å². The molecule has 0 bridgehead atoms. The summed E-state index contributed by atoms with van der Waals surface area (Å²) < 4.78 is 5.71. The van der Waals surface area contributed by atoms with Crippen LogP contribution in [-0.2, 0) is 4.79 Å². The number of carbonyl (C=O) groups excluding carboxylic acids is 1. The Labute approximate surface area is 115 Å². The van der Waals surface area contributed by atoms with Gasteiger partial charge in [0.05, 0.1) is 0 Å². The molecular formula is C15H24N2O2. The van der Waals surface area contributed by atoms with Crippen LogP contribution in [0.1, 0.15) is 39.2 Å². The monoisotopic (exact) mass is 264 g/mol. The van der Waals surface area contributed by atoms with Crippen LogP contribution < -0.4 is 15.8 Å². The van der Waals surface area contributed by atoms with Crippen LogP contribution in [0.15, 0.2) is 24.3 Å². The van der Waals surface area contributed by atoms with Crippen LogP contribution in [0.5, 0.6) is 5.75 Å². The first-order valence-corrected chi connectivity index (χ1v) is 6.66. The van der Waals surface area contributed by atoms with Crippen molar-refractivity contribution in [3.8, 4) is 5.75 Å². The summed E-state index contributed by atoms with van der Waals surface area (Å²) in [6.07, 6.45) is 0. The van der Waals surface area contributed by atoms with Crippen LogP contribution >= 0.6 is 0 Å². The standard InChI is InChI=1S/C15H24N2O2/c1-5-17-15(4,14(16)18)10-19-13-8-6-7-12(9-13)11(2)3/h6-9,11,17H,5,10H2,1-4H3,(H2,16,18). The van der Waals surface area contributed by atoms with Gasteiger partial charge in [-0.15, -0.1) is 0 Å². The molecule has 0 aliphatic carbocycles. The number of ether oxygens (including phenoxy) is 1. The van der Waals surface area contributed by atoms with Crippen molar-refractivity contribution in [2.45, 2.75) is 39.2 Å². The van der Waals surface area contributed by atoms with Gasteiger partial charge in [0.15, 0.2) is 0 Å². The molecule has 3 N–H and O–H groups in total. The second-order valence-electron chi connectivity index (χ2n) is 5.24. The Morgan fingerprint density at radius 1 is 1.47 bits per heavy atom. The van der Waals surface area contributed by atoms with Crippen molar-refractivity contribution in [2.75, 3.05) is 13.2 Å². The minimum absolute atomic E-state index is 0.220. The fourth-order valence-electron chi connectivity index (χ4n) is 1.79. The van der Waals surface area contributed by atoms with Gasteiger partial charge in [-0.05, 0) is 37.1 Å². The van der Waals surface area contributed by atoms with Gasteiger partial charge in [-0.1, -0.05) is 32.9 Å². The first kappa shape index (κ1) is 15.5. The molecule has 1 aromatic carbocycles. The van der Waals surface area contributed by atoms with Gasteiger partial charge in [0.2, 0.25) is 5.91 Å². The average Bonchev–Trinajstić information content (AvgIpc) is 2.37. The highest BCUT2D eigenvalue weighted by Crippen LogP contribution is 2.21. The van der Waals surface area contributed by atoms with Crippen LogP contribution in [0.4, 0.5) is 0 Å². The van der Waals surface area contributed by atoms with E-state index in [0.29, 0.717) is 12.5 Å². The lowest BCUT2D eigenvalue weighted by atomic mass is 10.0. The topological polar surface area (TPSA) is 64.3 Å². The zero-order valence-electron chi connectivity index (χ0n) is 12.2. The Morgan fingerprint density at radius 2 is 2.16 bits per heavy atom. The molecule has 0 saturated carbocycles. The van der Waals surface area contributed by atoms with Gasteiger partial charge in [0.25, 0.3) is 0 Å². The second-order valence-corrected chi connectivity index (χ2v) is 5.24. The molecule has 1 atom stereocenters. The summed E-state index contributed by atoms with van der Waals surface area (Å²) >= 11 is 0. The van der Waals surface area contributed by atoms with E-state index in [2.05, 4.69) is 25.2 Å². The molecule has 0 saturated heterocycles. The lowest BCUT2D eigenvalue weighted by molar-refractivity contribution is -0.124. The molecule has 0 spiro atoms. The number of hydrogen-bond acceptors (Lipinski definition) is 3. The van der Waals surface area contributed by atoms with E-state index in [1.807, 2.05) is 25.1 Å². The van der Waals surface area contributed by atoms with E-state index >= 15 is 0 Å². The first-order chi connectivity index (χ1) is 8.89. The van der Waals surface area contributed by atoms with Crippen molar-refractivity contribution < 1.29 is 9.53 Å². The Bertz CT molecular complexity index is 432. The number of benzene rings is 1. The van der Waals surface area contributed by atoms with E-state index in [1.165, 1.54) is 5.56 Å². The molecule has 0 aromatic heterocycles. The molecule has 0 aliphatic heterocycles. The highest BCUT2D eigenvalue weighted by Gasteiger charge is 2.30. The van der Waals surface area contributed by atoms with Crippen molar-refractivity contribution in [2.24, 2.45) is 5.73 Å². The molecule has 4 heteroatoms. The largest absolute Gasteiger partial charge is 0.491 e. The van der Waals surface area contributed by atoms with E-state index in [1.54, 1.807) is 6.92 Å². The Balaban J connectivity index is 2.74. The van der Waals surface area contributed by atoms with E-state index in [-0.39, 0.29) is 6.61 Å². The number of amides is 1. The summed E-state index contributed by atoms with van der Waals surface area (Å²) in [5, 5.41) is 3.07. The van der Waals surface area contributed by atoms with Crippen LogP contribution in [0, 0.1) is 0 Å². The molecule has 1 amide bonds. The maximum Gasteiger partial charge on any atom is 0.240 e. The minimum Gasteiger partial charge on any atom is -0.491 e. The highest BCUT2D eigenvalue weighted by atomic mass is 16.5. The zero-order chi connectivity index (χ0) is 14.5. The van der Waals surface area contributed by atoms with Crippen LogP contribution in [0.2, 0.25) is 0 Å². The predicted molar refractivity (Wildman–Crippen MR) is 77.3 cm³/mol. The third-order valence-corrected chi connectivity index (χ3v) is 3.16. The molecule has 0 fully saturated rings. The molecule has 19 heavy (non-hydrogen) atoms. The summed E-state index contributed by atoms with van der Waals surface area (Å²) in [6.45, 7) is 8.83. The molecule has 4 nitrogen and oxygen atoms in total. The van der Waals surface area contributed by atoms with Gasteiger partial charge >= 0.3 is 0 Å². The van der Waals surface area contributed by atoms with E-state index in [0.717, 1.165) is 5.75 Å². The SMILES string of the molecule is CCNC(C)(COc1cccc(C(C)C)c1)C(N)=O. The highest BCUT2D eigenvalue weighted by molar-refractivity contribution is 5.84. The smallest absolute Gasteiger partial charge is 0.240 e. The average molecular weight is 264 g/mol. The van der Waals surface area contributed by atoms with Gasteiger partial charge < -0.3 is 15.8 Å². The van der Waals surface area contributed by atoms with Crippen molar-refractivity contribution in [1.82, 2.24) is 5.32 Å². The van der Waals surface area contributed by atoms with E-state index in [4.69, 9.17) is 10.5 Å². The number of nitrogens with one attached hydrogen (secondary N) is 1. The lowest BCUT2D eigenvalue weighted by Crippen LogP contribution is -2.57. The molecule has 1 aromatic rings. The number of hydrogen-bond donors (Lipinski definition) is 2. The third kappa shape index (κ3) is 4.24. The first-order valence-electron chi connectivity index (χ1n) is 6.66. The summed E-state index contributed by atoms with van der Waals surface area (Å²) in [5.41, 5.74) is 5.78. The second kappa shape index (κ2) is 6.57. The van der Waals surface area contributed by atoms with E-state index in [9.17, 15) is 4.79 Å². The minimum atomic E-state index is -0.845. The molecular weight excluding hydrogens is 240 g/mol. The molecule has 106 valence electrons. The van der Waals surface area contributed by atoms with Crippen LogP contribution in [0.25, 0.3) is 0 Å². The lowest BCUT2D eigenvalue weighted by Gasteiger charge is -2.27. The Hall–Kier alpha value is -1.55. The number of carbonyl (C=O) groups is 1. The van der Waals surface area contributed by atoms with Crippen molar-refractivity contribution in [3.05, 3.63) is 29.8 Å². The molecule has 0 aliphatic rings. The van der Waals surface area contributed by atoms with Gasteiger partial charge in [0, 0.05) is 0 Å². The number of likely N-dealkylation sites (N-methyl/N-ethyl adjacent to an activating group) is 1. The molecule has 0 heterocycles. The zero-order valence-corrected chi connectivity index (χ0v) is 12.2. The Kier molecular flexibility index (Phi) is 5.36. The third-order valence-electron chi connectivity index (χ3n) is 3.16. The number of nitrogens with two attached hydrogens (primary N) is 1. The molecule has 1 unspecified atom stereocenters. The summed E-state index contributed by atoms with van der Waals surface area (Å²) in [6, 6.07) is 7.91.